The first kappa shape index (κ1) is 21.7. The van der Waals surface area contributed by atoms with Gasteiger partial charge in [-0.05, 0) is 49.9 Å². The van der Waals surface area contributed by atoms with Crippen LogP contribution in [-0.4, -0.2) is 61.2 Å². The molecule has 1 aromatic carbocycles. The number of hydrogen-bond donors (Lipinski definition) is 1. The minimum absolute atomic E-state index is 0.223. The summed E-state index contributed by atoms with van der Waals surface area (Å²) in [6.07, 6.45) is 1.56. The van der Waals surface area contributed by atoms with Crippen molar-refractivity contribution < 1.29 is 17.6 Å². The van der Waals surface area contributed by atoms with Crippen molar-refractivity contribution in [2.75, 3.05) is 38.0 Å². The van der Waals surface area contributed by atoms with E-state index in [1.807, 2.05) is 6.92 Å². The lowest BCUT2D eigenvalue weighted by molar-refractivity contribution is 0.102. The number of piperazine rings is 1. The lowest BCUT2D eigenvalue weighted by Gasteiger charge is -2.33. The monoisotopic (exact) mass is 460 g/mol. The van der Waals surface area contributed by atoms with Gasteiger partial charge in [-0.3, -0.25) is 4.79 Å². The number of nitrogens with one attached hydrogen (secondary N) is 1. The van der Waals surface area contributed by atoms with Gasteiger partial charge in [0.25, 0.3) is 5.91 Å². The number of rotatable bonds is 6. The molecule has 1 fully saturated rings. The zero-order valence-corrected chi connectivity index (χ0v) is 19.0. The predicted octanol–water partition coefficient (Wildman–Crippen LogP) is 3.29. The van der Waals surface area contributed by atoms with Crippen molar-refractivity contribution in [3.05, 3.63) is 53.2 Å². The van der Waals surface area contributed by atoms with Crippen molar-refractivity contribution in [3.63, 3.8) is 0 Å². The normalized spacial score (nSPS) is 15.8. The minimum atomic E-state index is -3.55. The smallest absolute Gasteiger partial charge is 0.275 e. The topological polar surface area (TPSA) is 95.8 Å². The first-order valence-electron chi connectivity index (χ1n) is 10.0. The Kier molecular flexibility index (Phi) is 6.24. The molecule has 0 saturated carbocycles. The Morgan fingerprint density at radius 2 is 1.87 bits per heavy atom. The fourth-order valence-electron chi connectivity index (χ4n) is 3.45. The predicted molar refractivity (Wildman–Crippen MR) is 120 cm³/mol. The van der Waals surface area contributed by atoms with Crippen molar-refractivity contribution in [2.45, 2.75) is 18.7 Å². The molecule has 0 atom stereocenters. The van der Waals surface area contributed by atoms with Crippen LogP contribution in [0.15, 0.2) is 52.0 Å². The van der Waals surface area contributed by atoms with Crippen LogP contribution >= 0.6 is 11.3 Å². The number of sulfonamides is 1. The maximum atomic E-state index is 12.9. The second kappa shape index (κ2) is 8.91. The van der Waals surface area contributed by atoms with Crippen LogP contribution in [0, 0.1) is 6.92 Å². The molecule has 3 aromatic rings. The number of likely N-dealkylation sites (N-methyl/N-ethyl adjacent to an activating group) is 1. The highest BCUT2D eigenvalue weighted by atomic mass is 32.2. The molecule has 1 N–H and O–H groups in total. The largest absolute Gasteiger partial charge is 0.462 e. The van der Waals surface area contributed by atoms with Gasteiger partial charge < -0.3 is 14.6 Å². The standard InChI is InChI=1S/C21H24N4O4S2/c1-3-24-10-12-25(13-11-24)31(27,28)17-8-6-16(7-9-17)22-20(26)19-15(2)30-21(23-19)18-5-4-14-29-18/h4-9,14H,3,10-13H2,1-2H3,(H,22,26). The zero-order chi connectivity index (χ0) is 22.0. The maximum Gasteiger partial charge on any atom is 0.275 e. The third-order valence-corrected chi connectivity index (χ3v) is 8.17. The van der Waals surface area contributed by atoms with Crippen LogP contribution in [0.25, 0.3) is 10.8 Å². The molecule has 1 aliphatic heterocycles. The second-order valence-corrected chi connectivity index (χ2v) is 10.4. The van der Waals surface area contributed by atoms with Crippen molar-refractivity contribution >= 4 is 33.0 Å². The molecular weight excluding hydrogens is 436 g/mol. The first-order valence-corrected chi connectivity index (χ1v) is 12.3. The van der Waals surface area contributed by atoms with Crippen molar-refractivity contribution in [3.8, 4) is 10.8 Å². The highest BCUT2D eigenvalue weighted by molar-refractivity contribution is 7.89. The Hall–Kier alpha value is -2.53. The maximum absolute atomic E-state index is 12.9. The lowest BCUT2D eigenvalue weighted by Crippen LogP contribution is -2.48. The third-order valence-electron chi connectivity index (χ3n) is 5.27. The number of anilines is 1. The van der Waals surface area contributed by atoms with Crippen LogP contribution in [-0.2, 0) is 10.0 Å². The van der Waals surface area contributed by atoms with Gasteiger partial charge in [-0.15, -0.1) is 11.3 Å². The summed E-state index contributed by atoms with van der Waals surface area (Å²) in [5.74, 6) is 0.263. The van der Waals surface area contributed by atoms with E-state index in [4.69, 9.17) is 4.42 Å². The summed E-state index contributed by atoms with van der Waals surface area (Å²) in [7, 11) is -3.55. The molecule has 1 amide bonds. The molecule has 1 saturated heterocycles. The first-order chi connectivity index (χ1) is 14.9. The molecule has 164 valence electrons. The molecule has 4 rings (SSSR count). The Morgan fingerprint density at radius 3 is 2.48 bits per heavy atom. The molecule has 0 aliphatic carbocycles. The number of furan rings is 1. The van der Waals surface area contributed by atoms with Gasteiger partial charge in [-0.25, -0.2) is 13.4 Å². The van der Waals surface area contributed by atoms with Crippen molar-refractivity contribution in [1.29, 1.82) is 0 Å². The average Bonchev–Trinajstić information content (AvgIpc) is 3.44. The highest BCUT2D eigenvalue weighted by Gasteiger charge is 2.28. The molecule has 0 spiro atoms. The van der Waals surface area contributed by atoms with Gasteiger partial charge in [0.05, 0.1) is 11.2 Å². The van der Waals surface area contributed by atoms with E-state index >= 15 is 0 Å². The highest BCUT2D eigenvalue weighted by Crippen LogP contribution is 2.28. The van der Waals surface area contributed by atoms with Crippen LogP contribution in [0.2, 0.25) is 0 Å². The molecule has 0 unspecified atom stereocenters. The van der Waals surface area contributed by atoms with Gasteiger partial charge in [-0.1, -0.05) is 6.92 Å². The number of amides is 1. The number of aromatic nitrogens is 1. The number of carbonyl (C=O) groups excluding carboxylic acids is 1. The van der Waals surface area contributed by atoms with Crippen LogP contribution in [0.1, 0.15) is 22.3 Å². The van der Waals surface area contributed by atoms with Gasteiger partial charge >= 0.3 is 0 Å². The minimum Gasteiger partial charge on any atom is -0.462 e. The van der Waals surface area contributed by atoms with E-state index in [-0.39, 0.29) is 10.8 Å². The molecule has 0 radical (unpaired) electrons. The van der Waals surface area contributed by atoms with E-state index in [1.165, 1.54) is 27.8 Å². The van der Waals surface area contributed by atoms with Gasteiger partial charge in [0, 0.05) is 36.7 Å². The number of carbonyl (C=O) groups is 1. The Morgan fingerprint density at radius 1 is 1.16 bits per heavy atom. The van der Waals surface area contributed by atoms with Crippen LogP contribution < -0.4 is 5.32 Å². The van der Waals surface area contributed by atoms with E-state index in [2.05, 4.69) is 22.1 Å². The zero-order valence-electron chi connectivity index (χ0n) is 17.4. The summed E-state index contributed by atoms with van der Waals surface area (Å²) >= 11 is 1.38. The molecule has 0 bridgehead atoms. The Labute approximate surface area is 185 Å². The van der Waals surface area contributed by atoms with Crippen LogP contribution in [0.3, 0.4) is 0 Å². The molecular formula is C21H24N4O4S2. The molecule has 1 aliphatic rings. The van der Waals surface area contributed by atoms with E-state index in [0.29, 0.717) is 35.2 Å². The number of aryl methyl sites for hydroxylation is 1. The number of hydrogen-bond acceptors (Lipinski definition) is 7. The van der Waals surface area contributed by atoms with Crippen LogP contribution in [0.5, 0.6) is 0 Å². The molecule has 3 heterocycles. The SMILES string of the molecule is CCN1CCN(S(=O)(=O)c2ccc(NC(=O)c3nc(-c4ccco4)sc3C)cc2)CC1. The molecule has 8 nitrogen and oxygen atoms in total. The average molecular weight is 461 g/mol. The number of nitrogens with zero attached hydrogens (tertiary/aromatic N) is 3. The van der Waals surface area contributed by atoms with E-state index in [1.54, 1.807) is 30.5 Å². The summed E-state index contributed by atoms with van der Waals surface area (Å²) in [6.45, 7) is 7.25. The second-order valence-electron chi connectivity index (χ2n) is 7.22. The van der Waals surface area contributed by atoms with Gasteiger partial charge in [0.15, 0.2) is 10.8 Å². The summed E-state index contributed by atoms with van der Waals surface area (Å²) in [4.78, 5) is 20.3. The number of thiazole rings is 1. The van der Waals surface area contributed by atoms with E-state index in [0.717, 1.165) is 24.5 Å². The fraction of sp³-hybridized carbons (Fsp3) is 0.333. The van der Waals surface area contributed by atoms with Crippen molar-refractivity contribution in [2.24, 2.45) is 0 Å². The molecule has 31 heavy (non-hydrogen) atoms. The quantitative estimate of drug-likeness (QED) is 0.606. The van der Waals surface area contributed by atoms with Crippen LogP contribution in [0.4, 0.5) is 5.69 Å². The summed E-state index contributed by atoms with van der Waals surface area (Å²) in [5, 5.41) is 3.43. The van der Waals surface area contributed by atoms with Gasteiger partial charge in [0.1, 0.15) is 5.69 Å². The Bertz CT molecular complexity index is 1150. The Balaban J connectivity index is 1.45. The van der Waals surface area contributed by atoms with E-state index in [9.17, 15) is 13.2 Å². The molecule has 2 aromatic heterocycles. The van der Waals surface area contributed by atoms with Gasteiger partial charge in [0.2, 0.25) is 10.0 Å². The summed E-state index contributed by atoms with van der Waals surface area (Å²) < 4.78 is 32.7. The lowest BCUT2D eigenvalue weighted by atomic mass is 10.3. The summed E-state index contributed by atoms with van der Waals surface area (Å²) in [6, 6.07) is 9.81. The molecule has 10 heteroatoms. The summed E-state index contributed by atoms with van der Waals surface area (Å²) in [5.41, 5.74) is 0.827. The third kappa shape index (κ3) is 4.57. The van der Waals surface area contributed by atoms with Crippen molar-refractivity contribution in [1.82, 2.24) is 14.2 Å². The van der Waals surface area contributed by atoms with Gasteiger partial charge in [-0.2, -0.15) is 4.31 Å². The van der Waals surface area contributed by atoms with E-state index < -0.39 is 10.0 Å². The fourth-order valence-corrected chi connectivity index (χ4v) is 5.75. The number of benzene rings is 1.